The molecule has 2 bridgehead atoms. The van der Waals surface area contributed by atoms with Gasteiger partial charge in [0.1, 0.15) is 55.0 Å². The van der Waals surface area contributed by atoms with Crippen LogP contribution in [0.4, 0.5) is 19.4 Å². The van der Waals surface area contributed by atoms with E-state index in [4.69, 9.17) is 29.2 Å². The molecule has 0 aliphatic carbocycles. The first-order valence-corrected chi connectivity index (χ1v) is 25.1. The molecule has 4 saturated heterocycles. The van der Waals surface area contributed by atoms with Crippen molar-refractivity contribution < 1.29 is 27.8 Å². The molecule has 2 aromatic heterocycles. The molecule has 4 aromatic rings. The molecule has 0 N–H and O–H groups in total. The zero-order valence-corrected chi connectivity index (χ0v) is 39.0. The van der Waals surface area contributed by atoms with Crippen LogP contribution in [0.5, 0.6) is 11.9 Å². The second-order valence-electron chi connectivity index (χ2n) is 20.5. The highest BCUT2D eigenvalue weighted by molar-refractivity contribution is 6.90. The first-order chi connectivity index (χ1) is 29.4. The van der Waals surface area contributed by atoms with Crippen molar-refractivity contribution >= 4 is 41.7 Å². The second-order valence-corrected chi connectivity index (χ2v) is 26.1. The van der Waals surface area contributed by atoms with Gasteiger partial charge in [0.25, 0.3) is 0 Å². The maximum absolute atomic E-state index is 17.9. The topological polar surface area (TPSA) is 93.2 Å². The summed E-state index contributed by atoms with van der Waals surface area (Å²) in [4.78, 5) is 35.0. The summed E-state index contributed by atoms with van der Waals surface area (Å²) in [7, 11) is -2.11. The third kappa shape index (κ3) is 6.98. The number of carbonyl (C=O) groups is 1. The Labute approximate surface area is 366 Å². The summed E-state index contributed by atoms with van der Waals surface area (Å²) in [6, 6.07) is 11.2. The van der Waals surface area contributed by atoms with Gasteiger partial charge >= 0.3 is 12.1 Å². The molecule has 7 heterocycles. The lowest BCUT2D eigenvalue weighted by molar-refractivity contribution is 0.000935. The Hall–Kier alpha value is -4.54. The maximum atomic E-state index is 17.9. The molecule has 4 fully saturated rings. The van der Waals surface area contributed by atoms with Gasteiger partial charge in [0.05, 0.1) is 23.7 Å². The van der Waals surface area contributed by atoms with E-state index in [2.05, 4.69) is 62.8 Å². The number of hydrogen-bond acceptors (Lipinski definition) is 9. The van der Waals surface area contributed by atoms with Crippen LogP contribution >= 0.6 is 0 Å². The Morgan fingerprint density at radius 1 is 1.00 bits per heavy atom. The average Bonchev–Trinajstić information content (AvgIpc) is 3.81. The Morgan fingerprint density at radius 3 is 2.44 bits per heavy atom. The molecule has 5 aliphatic rings. The molecular weight excluding hydrogens is 803 g/mol. The number of benzene rings is 2. The maximum Gasteiger partial charge on any atom is 0.410 e. The third-order valence-electron chi connectivity index (χ3n) is 14.7. The van der Waals surface area contributed by atoms with Gasteiger partial charge in [-0.15, -0.1) is 5.54 Å². The fraction of sp³-hybridized carbons (Fsp3) is 0.592. The number of nitrogens with zero attached hydrogens (tertiary/aromatic N) is 6. The van der Waals surface area contributed by atoms with Crippen LogP contribution in [-0.2, 0) is 4.74 Å². The van der Waals surface area contributed by atoms with Gasteiger partial charge in [-0.05, 0) is 88.0 Å². The lowest BCUT2D eigenvalue weighted by Gasteiger charge is -2.48. The highest BCUT2D eigenvalue weighted by Crippen LogP contribution is 2.48. The van der Waals surface area contributed by atoms with E-state index >= 15 is 4.39 Å². The van der Waals surface area contributed by atoms with Gasteiger partial charge in [-0.2, -0.15) is 9.97 Å². The summed E-state index contributed by atoms with van der Waals surface area (Å²) < 4.78 is 52.1. The minimum atomic E-state index is -2.11. The van der Waals surface area contributed by atoms with E-state index in [-0.39, 0.29) is 53.9 Å². The standard InChI is InChI=1S/C49H62F2N6O4Si/c1-28(2)62(29(3)4,30(5)6)23-20-33-15-11-14-32-16-12-17-36(38(32)33)41-40(51)42-39-44(54-46(53-42)59-27-49-21-13-22-55(49)25-34(50)24-49)56-26-35-18-19-37(43(56)31(7)60-45(39)52-41)57(35)47(58)61-48(8,9)10/h11-12,14-17,28-31,34-35,37,43H,13,18-19,21-22,24-27H2,1-10H3/t31-,34+,35+,37-,43?,49-/m0/s1. The van der Waals surface area contributed by atoms with Crippen LogP contribution in [0.3, 0.4) is 0 Å². The van der Waals surface area contributed by atoms with E-state index in [1.807, 2.05) is 69.0 Å². The lowest BCUT2D eigenvalue weighted by Crippen LogP contribution is -2.65. The molecule has 10 nitrogen and oxygen atoms in total. The van der Waals surface area contributed by atoms with Crippen molar-refractivity contribution in [1.29, 1.82) is 0 Å². The Morgan fingerprint density at radius 2 is 1.73 bits per heavy atom. The second kappa shape index (κ2) is 15.6. The fourth-order valence-corrected chi connectivity index (χ4v) is 17.4. The molecule has 0 radical (unpaired) electrons. The summed E-state index contributed by atoms with van der Waals surface area (Å²) >= 11 is 0. The predicted octanol–water partition coefficient (Wildman–Crippen LogP) is 10.2. The molecule has 9 rings (SSSR count). The molecule has 1 amide bonds. The first kappa shape index (κ1) is 42.7. The van der Waals surface area contributed by atoms with Crippen LogP contribution in [0.15, 0.2) is 36.4 Å². The molecule has 5 aliphatic heterocycles. The van der Waals surface area contributed by atoms with Gasteiger partial charge in [0.15, 0.2) is 5.82 Å². The molecule has 0 spiro atoms. The SMILES string of the molecule is CC(C)[Si](C#Cc1cccc2cccc(-c3nc4c5c(nc(OC[C@@]67CCCN6C[C@H](F)C7)nc5c3F)N3C[C@H]5CC[C@@H](C3[C@H](C)O4)N5C(=O)OC(C)(C)C)c12)(C(C)C)C(C)C. The predicted molar refractivity (Wildman–Crippen MR) is 243 cm³/mol. The van der Waals surface area contributed by atoms with Gasteiger partial charge in [-0.25, -0.2) is 18.6 Å². The van der Waals surface area contributed by atoms with Crippen LogP contribution in [0.2, 0.25) is 16.6 Å². The van der Waals surface area contributed by atoms with Crippen LogP contribution < -0.4 is 14.4 Å². The van der Waals surface area contributed by atoms with Crippen LogP contribution in [0.1, 0.15) is 107 Å². The third-order valence-corrected chi connectivity index (χ3v) is 21.0. The van der Waals surface area contributed by atoms with Crippen molar-refractivity contribution in [3.8, 4) is 34.6 Å². The monoisotopic (exact) mass is 864 g/mol. The van der Waals surface area contributed by atoms with E-state index in [0.717, 1.165) is 48.6 Å². The van der Waals surface area contributed by atoms with Crippen molar-refractivity contribution in [3.05, 3.63) is 47.8 Å². The van der Waals surface area contributed by atoms with Crippen molar-refractivity contribution in [2.45, 2.75) is 160 Å². The number of halogens is 2. The van der Waals surface area contributed by atoms with Crippen molar-refractivity contribution in [3.63, 3.8) is 0 Å². The van der Waals surface area contributed by atoms with Gasteiger partial charge in [0, 0.05) is 36.0 Å². The van der Waals surface area contributed by atoms with Gasteiger partial charge < -0.3 is 19.1 Å². The number of piperazine rings is 1. The van der Waals surface area contributed by atoms with Gasteiger partial charge in [-0.3, -0.25) is 9.80 Å². The highest BCUT2D eigenvalue weighted by atomic mass is 28.3. The van der Waals surface area contributed by atoms with E-state index in [0.29, 0.717) is 52.9 Å². The van der Waals surface area contributed by atoms with Crippen LogP contribution in [0.25, 0.3) is 32.9 Å². The molecule has 13 heteroatoms. The number of alkyl halides is 1. The smallest absolute Gasteiger partial charge is 0.410 e. The molecular formula is C49H62F2N6O4Si. The quantitative estimate of drug-likeness (QED) is 0.133. The van der Waals surface area contributed by atoms with Crippen molar-refractivity contribution in [2.75, 3.05) is 31.1 Å². The minimum absolute atomic E-state index is 0.0232. The van der Waals surface area contributed by atoms with E-state index < -0.39 is 37.3 Å². The average molecular weight is 865 g/mol. The number of rotatable bonds is 7. The summed E-state index contributed by atoms with van der Waals surface area (Å²) in [5, 5.41) is 2.11. The number of anilines is 1. The zero-order chi connectivity index (χ0) is 44.0. The number of carbonyl (C=O) groups excluding carboxylic acids is 1. The normalized spacial score (nSPS) is 25.9. The lowest BCUT2D eigenvalue weighted by atomic mass is 9.95. The van der Waals surface area contributed by atoms with Crippen molar-refractivity contribution in [1.82, 2.24) is 24.8 Å². The zero-order valence-electron chi connectivity index (χ0n) is 38.0. The van der Waals surface area contributed by atoms with E-state index in [1.54, 1.807) is 0 Å². The molecule has 6 atom stereocenters. The molecule has 2 aromatic carbocycles. The largest absolute Gasteiger partial charge is 0.472 e. The molecule has 0 saturated carbocycles. The Balaban J connectivity index is 1.21. The number of fused-ring (bicyclic) bond motifs is 7. The molecule has 62 heavy (non-hydrogen) atoms. The summed E-state index contributed by atoms with van der Waals surface area (Å²) in [6.45, 7) is 23.2. The van der Waals surface area contributed by atoms with Crippen LogP contribution in [-0.4, -0.2) is 107 Å². The Kier molecular flexibility index (Phi) is 10.8. The number of pyridine rings is 1. The summed E-state index contributed by atoms with van der Waals surface area (Å²) in [5.74, 6) is 3.74. The van der Waals surface area contributed by atoms with Gasteiger partial charge in [-0.1, -0.05) is 77.8 Å². The molecule has 330 valence electrons. The summed E-state index contributed by atoms with van der Waals surface area (Å²) in [6.07, 6.45) is 1.91. The van der Waals surface area contributed by atoms with E-state index in [9.17, 15) is 9.18 Å². The van der Waals surface area contributed by atoms with Crippen LogP contribution in [0, 0.1) is 17.3 Å². The summed E-state index contributed by atoms with van der Waals surface area (Å²) in [5.41, 5.74) is 5.65. The minimum Gasteiger partial charge on any atom is -0.472 e. The van der Waals surface area contributed by atoms with Gasteiger partial charge in [0.2, 0.25) is 5.88 Å². The van der Waals surface area contributed by atoms with E-state index in [1.165, 1.54) is 0 Å². The number of amides is 1. The first-order valence-electron chi connectivity index (χ1n) is 22.9. The number of hydrogen-bond donors (Lipinski definition) is 0. The van der Waals surface area contributed by atoms with Crippen molar-refractivity contribution in [2.24, 2.45) is 0 Å². The number of aromatic nitrogens is 3. The fourth-order valence-electron chi connectivity index (χ4n) is 12.2. The Bertz CT molecular complexity index is 2460. The molecule has 1 unspecified atom stereocenters. The number of ether oxygens (including phenoxy) is 3. The highest BCUT2D eigenvalue weighted by Gasteiger charge is 2.54.